The number of anilines is 2. The molecule has 5 heteroatoms. The molecule has 0 atom stereocenters. The topological polar surface area (TPSA) is 49.8 Å². The van der Waals surface area contributed by atoms with Crippen LogP contribution < -0.4 is 10.6 Å². The summed E-state index contributed by atoms with van der Waals surface area (Å²) in [4.78, 5) is 10.8. The van der Waals surface area contributed by atoms with Crippen LogP contribution in [0.3, 0.4) is 0 Å². The summed E-state index contributed by atoms with van der Waals surface area (Å²) in [6.45, 7) is 0. The standard InChI is InChI=1S/C16H18N4S/c1-17-12-4-2-3-10(9-12)15-19-13-7-8-21-14(13)16(20-15)18-11-5-6-11/h2-4,9,11,17H,5-8H2,1H3,(H,18,19,20). The summed E-state index contributed by atoms with van der Waals surface area (Å²) < 4.78 is 0. The molecule has 1 aliphatic carbocycles. The highest BCUT2D eigenvalue weighted by Crippen LogP contribution is 2.38. The van der Waals surface area contributed by atoms with Gasteiger partial charge in [0.25, 0.3) is 0 Å². The Balaban J connectivity index is 1.77. The average molecular weight is 298 g/mol. The molecule has 4 nitrogen and oxygen atoms in total. The lowest BCUT2D eigenvalue weighted by Gasteiger charge is -2.11. The number of rotatable bonds is 4. The number of hydrogen-bond donors (Lipinski definition) is 2. The van der Waals surface area contributed by atoms with Gasteiger partial charge in [0.15, 0.2) is 5.82 Å². The molecule has 1 saturated carbocycles. The van der Waals surface area contributed by atoms with E-state index in [0.29, 0.717) is 6.04 Å². The lowest BCUT2D eigenvalue weighted by Crippen LogP contribution is -2.07. The van der Waals surface area contributed by atoms with E-state index in [1.54, 1.807) is 0 Å². The van der Waals surface area contributed by atoms with Crippen LogP contribution in [-0.4, -0.2) is 28.8 Å². The fourth-order valence-electron chi connectivity index (χ4n) is 2.53. The molecule has 0 radical (unpaired) electrons. The molecule has 0 bridgehead atoms. The predicted molar refractivity (Wildman–Crippen MR) is 88.1 cm³/mol. The van der Waals surface area contributed by atoms with Crippen LogP contribution in [0.2, 0.25) is 0 Å². The van der Waals surface area contributed by atoms with Crippen LogP contribution in [0.1, 0.15) is 18.5 Å². The van der Waals surface area contributed by atoms with Crippen molar-refractivity contribution in [2.75, 3.05) is 23.4 Å². The summed E-state index contributed by atoms with van der Waals surface area (Å²) in [5.74, 6) is 2.98. The maximum atomic E-state index is 4.80. The van der Waals surface area contributed by atoms with E-state index in [1.165, 1.54) is 23.4 Å². The van der Waals surface area contributed by atoms with Crippen LogP contribution in [0.25, 0.3) is 11.4 Å². The van der Waals surface area contributed by atoms with Crippen molar-refractivity contribution in [3.05, 3.63) is 30.0 Å². The number of nitrogens with one attached hydrogen (secondary N) is 2. The van der Waals surface area contributed by atoms with Gasteiger partial charge in [-0.2, -0.15) is 0 Å². The van der Waals surface area contributed by atoms with E-state index in [2.05, 4.69) is 28.8 Å². The van der Waals surface area contributed by atoms with Gasteiger partial charge in [-0.3, -0.25) is 0 Å². The van der Waals surface area contributed by atoms with Crippen LogP contribution in [0, 0.1) is 0 Å². The first-order chi connectivity index (χ1) is 10.3. The van der Waals surface area contributed by atoms with Crippen molar-refractivity contribution < 1.29 is 0 Å². The molecule has 0 unspecified atom stereocenters. The Hall–Kier alpha value is -1.75. The first kappa shape index (κ1) is 13.0. The van der Waals surface area contributed by atoms with Crippen LogP contribution in [0.15, 0.2) is 29.2 Å². The van der Waals surface area contributed by atoms with Crippen molar-refractivity contribution >= 4 is 23.3 Å². The smallest absolute Gasteiger partial charge is 0.161 e. The van der Waals surface area contributed by atoms with E-state index < -0.39 is 0 Å². The molecule has 0 amide bonds. The van der Waals surface area contributed by atoms with Crippen LogP contribution >= 0.6 is 11.8 Å². The normalized spacial score (nSPS) is 16.6. The van der Waals surface area contributed by atoms with Crippen molar-refractivity contribution in [2.45, 2.75) is 30.2 Å². The number of nitrogens with zero attached hydrogens (tertiary/aromatic N) is 2. The molecule has 1 fully saturated rings. The molecule has 2 heterocycles. The second kappa shape index (κ2) is 5.22. The highest BCUT2D eigenvalue weighted by atomic mass is 32.2. The molecule has 2 aromatic rings. The third kappa shape index (κ3) is 2.58. The number of aryl methyl sites for hydroxylation is 1. The Morgan fingerprint density at radius 3 is 2.95 bits per heavy atom. The Kier molecular flexibility index (Phi) is 3.22. The summed E-state index contributed by atoms with van der Waals surface area (Å²) in [6, 6.07) is 8.88. The van der Waals surface area contributed by atoms with Gasteiger partial charge in [0.05, 0.1) is 10.6 Å². The highest BCUT2D eigenvalue weighted by Gasteiger charge is 2.26. The molecule has 2 N–H and O–H groups in total. The van der Waals surface area contributed by atoms with Crippen LogP contribution in [-0.2, 0) is 6.42 Å². The fourth-order valence-corrected chi connectivity index (χ4v) is 3.58. The third-order valence-electron chi connectivity index (χ3n) is 3.85. The average Bonchev–Trinajstić information content (AvgIpc) is 3.21. The van der Waals surface area contributed by atoms with Gasteiger partial charge < -0.3 is 10.6 Å². The summed E-state index contributed by atoms with van der Waals surface area (Å²) >= 11 is 1.88. The van der Waals surface area contributed by atoms with Crippen molar-refractivity contribution in [3.8, 4) is 11.4 Å². The van der Waals surface area contributed by atoms with Gasteiger partial charge in [-0.25, -0.2) is 9.97 Å². The highest BCUT2D eigenvalue weighted by molar-refractivity contribution is 7.99. The minimum absolute atomic E-state index is 0.613. The van der Waals surface area contributed by atoms with Crippen LogP contribution in [0.5, 0.6) is 0 Å². The number of thioether (sulfide) groups is 1. The van der Waals surface area contributed by atoms with E-state index in [-0.39, 0.29) is 0 Å². The summed E-state index contributed by atoms with van der Waals surface area (Å²) in [6.07, 6.45) is 3.56. The molecule has 21 heavy (non-hydrogen) atoms. The van der Waals surface area contributed by atoms with Crippen molar-refractivity contribution in [1.82, 2.24) is 9.97 Å². The molecule has 1 aliphatic heterocycles. The van der Waals surface area contributed by atoms with Gasteiger partial charge in [-0.1, -0.05) is 12.1 Å². The van der Waals surface area contributed by atoms with Gasteiger partial charge in [-0.15, -0.1) is 11.8 Å². The molecule has 1 aromatic carbocycles. The van der Waals surface area contributed by atoms with Crippen molar-refractivity contribution in [2.24, 2.45) is 0 Å². The SMILES string of the molecule is CNc1cccc(-c2nc3c(c(NC4CC4)n2)SCC3)c1. The van der Waals surface area contributed by atoms with E-state index >= 15 is 0 Å². The largest absolute Gasteiger partial charge is 0.388 e. The zero-order chi connectivity index (χ0) is 14.2. The lowest BCUT2D eigenvalue weighted by molar-refractivity contribution is 0.967. The predicted octanol–water partition coefficient (Wildman–Crippen LogP) is 3.41. The van der Waals surface area contributed by atoms with Gasteiger partial charge in [0.2, 0.25) is 0 Å². The Morgan fingerprint density at radius 2 is 2.14 bits per heavy atom. The van der Waals surface area contributed by atoms with Gasteiger partial charge in [-0.05, 0) is 25.0 Å². The Labute approximate surface area is 128 Å². The van der Waals surface area contributed by atoms with Crippen molar-refractivity contribution in [1.29, 1.82) is 0 Å². The van der Waals surface area contributed by atoms with Gasteiger partial charge in [0.1, 0.15) is 5.82 Å². The number of hydrogen-bond acceptors (Lipinski definition) is 5. The first-order valence-electron chi connectivity index (χ1n) is 7.42. The number of aromatic nitrogens is 2. The van der Waals surface area contributed by atoms with Crippen LogP contribution in [0.4, 0.5) is 11.5 Å². The van der Waals surface area contributed by atoms with E-state index in [9.17, 15) is 0 Å². The Morgan fingerprint density at radius 1 is 1.24 bits per heavy atom. The minimum atomic E-state index is 0.613. The van der Waals surface area contributed by atoms with Gasteiger partial charge >= 0.3 is 0 Å². The second-order valence-electron chi connectivity index (χ2n) is 5.52. The van der Waals surface area contributed by atoms with Crippen molar-refractivity contribution in [3.63, 3.8) is 0 Å². The third-order valence-corrected chi connectivity index (χ3v) is 4.97. The fraction of sp³-hybridized carbons (Fsp3) is 0.375. The molecule has 4 rings (SSSR count). The maximum Gasteiger partial charge on any atom is 0.161 e. The summed E-state index contributed by atoms with van der Waals surface area (Å²) in [7, 11) is 1.93. The quantitative estimate of drug-likeness (QED) is 0.906. The molecule has 0 saturated heterocycles. The van der Waals surface area contributed by atoms with E-state index in [4.69, 9.17) is 9.97 Å². The summed E-state index contributed by atoms with van der Waals surface area (Å²) in [5, 5.41) is 6.74. The lowest BCUT2D eigenvalue weighted by atomic mass is 10.1. The van der Waals surface area contributed by atoms with E-state index in [1.807, 2.05) is 24.9 Å². The molecule has 2 aliphatic rings. The molecule has 1 aromatic heterocycles. The monoisotopic (exact) mass is 298 g/mol. The molecule has 0 spiro atoms. The molecular formula is C16H18N4S. The maximum absolute atomic E-state index is 4.80. The number of fused-ring (bicyclic) bond motifs is 1. The zero-order valence-electron chi connectivity index (χ0n) is 12.0. The first-order valence-corrected chi connectivity index (χ1v) is 8.40. The van der Waals surface area contributed by atoms with E-state index in [0.717, 1.165) is 35.1 Å². The number of benzene rings is 1. The molecule has 108 valence electrons. The van der Waals surface area contributed by atoms with Gasteiger partial charge in [0, 0.05) is 36.5 Å². The second-order valence-corrected chi connectivity index (χ2v) is 6.62. The zero-order valence-corrected chi connectivity index (χ0v) is 12.8. The molecular weight excluding hydrogens is 280 g/mol. The minimum Gasteiger partial charge on any atom is -0.388 e. The Bertz CT molecular complexity index is 682. The summed E-state index contributed by atoms with van der Waals surface area (Å²) in [5.41, 5.74) is 3.35.